The summed E-state index contributed by atoms with van der Waals surface area (Å²) >= 11 is 0. The van der Waals surface area contributed by atoms with E-state index in [0.717, 1.165) is 32.6 Å². The van der Waals surface area contributed by atoms with Gasteiger partial charge >= 0.3 is 0 Å². The largest absolute Gasteiger partial charge is 0.355 e. The van der Waals surface area contributed by atoms with Gasteiger partial charge in [-0.2, -0.15) is 0 Å². The third kappa shape index (κ3) is 4.94. The second-order valence-electron chi connectivity index (χ2n) is 4.99. The molecule has 1 unspecified atom stereocenters. The highest BCUT2D eigenvalue weighted by atomic mass is 16.1. The van der Waals surface area contributed by atoms with E-state index < -0.39 is 0 Å². The van der Waals surface area contributed by atoms with Crippen LogP contribution in [0.1, 0.15) is 26.7 Å². The quantitative estimate of drug-likeness (QED) is 0.692. The molecule has 1 atom stereocenters. The van der Waals surface area contributed by atoms with Gasteiger partial charge in [0.05, 0.1) is 0 Å². The first kappa shape index (κ1) is 13.5. The topological polar surface area (TPSA) is 44.4 Å². The minimum Gasteiger partial charge on any atom is -0.355 e. The van der Waals surface area contributed by atoms with Crippen molar-refractivity contribution in [2.24, 2.45) is 5.92 Å². The molecule has 1 rings (SSSR count). The maximum absolute atomic E-state index is 11.6. The molecule has 0 spiro atoms. The predicted molar refractivity (Wildman–Crippen MR) is 66.4 cm³/mol. The number of rotatable bonds is 6. The zero-order chi connectivity index (χ0) is 12.0. The van der Waals surface area contributed by atoms with Gasteiger partial charge in [0, 0.05) is 25.6 Å². The monoisotopic (exact) mass is 227 g/mol. The molecule has 2 N–H and O–H groups in total. The van der Waals surface area contributed by atoms with Gasteiger partial charge in [-0.05, 0) is 46.3 Å². The van der Waals surface area contributed by atoms with Gasteiger partial charge in [0.25, 0.3) is 0 Å². The van der Waals surface area contributed by atoms with Crippen LogP contribution in [0.25, 0.3) is 0 Å². The van der Waals surface area contributed by atoms with Crippen molar-refractivity contribution in [1.82, 2.24) is 15.5 Å². The van der Waals surface area contributed by atoms with Gasteiger partial charge in [0.1, 0.15) is 0 Å². The molecule has 94 valence electrons. The summed E-state index contributed by atoms with van der Waals surface area (Å²) in [7, 11) is 2.08. The van der Waals surface area contributed by atoms with Crippen LogP contribution in [0.5, 0.6) is 0 Å². The van der Waals surface area contributed by atoms with Crippen molar-refractivity contribution in [1.29, 1.82) is 0 Å². The highest BCUT2D eigenvalue weighted by molar-refractivity contribution is 5.76. The van der Waals surface area contributed by atoms with Crippen LogP contribution >= 0.6 is 0 Å². The molecule has 1 saturated heterocycles. The number of amides is 1. The molecule has 4 nitrogen and oxygen atoms in total. The number of nitrogens with one attached hydrogen (secondary N) is 2. The summed E-state index contributed by atoms with van der Waals surface area (Å²) in [6, 6.07) is 0.538. The van der Waals surface area contributed by atoms with Gasteiger partial charge in [0.15, 0.2) is 0 Å². The molecular weight excluding hydrogens is 202 g/mol. The van der Waals surface area contributed by atoms with E-state index in [1.807, 2.05) is 0 Å². The van der Waals surface area contributed by atoms with Crippen molar-refractivity contribution < 1.29 is 4.79 Å². The summed E-state index contributed by atoms with van der Waals surface area (Å²) in [5.74, 6) is 0.744. The first-order chi connectivity index (χ1) is 7.59. The van der Waals surface area contributed by atoms with Gasteiger partial charge in [-0.15, -0.1) is 0 Å². The Morgan fingerprint density at radius 3 is 2.88 bits per heavy atom. The van der Waals surface area contributed by atoms with E-state index in [1.165, 1.54) is 0 Å². The van der Waals surface area contributed by atoms with Gasteiger partial charge in [-0.1, -0.05) is 0 Å². The Hall–Kier alpha value is -0.610. The number of likely N-dealkylation sites (N-methyl/N-ethyl adjacent to an activating group) is 1. The van der Waals surface area contributed by atoms with E-state index in [4.69, 9.17) is 0 Å². The molecular formula is C12H25N3O. The lowest BCUT2D eigenvalue weighted by molar-refractivity contribution is -0.121. The van der Waals surface area contributed by atoms with E-state index in [2.05, 4.69) is 36.4 Å². The fraction of sp³-hybridized carbons (Fsp3) is 0.917. The van der Waals surface area contributed by atoms with Crippen LogP contribution in [-0.2, 0) is 4.79 Å². The Kier molecular flexibility index (Phi) is 5.77. The highest BCUT2D eigenvalue weighted by Gasteiger charge is 2.17. The van der Waals surface area contributed by atoms with Crippen LogP contribution in [0.15, 0.2) is 0 Å². The first-order valence-corrected chi connectivity index (χ1v) is 6.27. The first-order valence-electron chi connectivity index (χ1n) is 6.27. The van der Waals surface area contributed by atoms with Gasteiger partial charge in [0.2, 0.25) is 5.91 Å². The third-order valence-corrected chi connectivity index (χ3v) is 3.30. The fourth-order valence-electron chi connectivity index (χ4n) is 1.85. The second-order valence-corrected chi connectivity index (χ2v) is 4.99. The van der Waals surface area contributed by atoms with Crippen LogP contribution in [-0.4, -0.2) is 50.1 Å². The van der Waals surface area contributed by atoms with Crippen molar-refractivity contribution in [3.05, 3.63) is 0 Å². The normalized spacial score (nSPS) is 20.7. The van der Waals surface area contributed by atoms with Crippen molar-refractivity contribution in [3.63, 3.8) is 0 Å². The molecule has 1 heterocycles. The Balaban J connectivity index is 2.05. The standard InChI is InChI=1S/C12H25N3O/c1-10(2)15(3)7-6-14-12(16)8-11-4-5-13-9-11/h10-11,13H,4-9H2,1-3H3,(H,14,16). The fourth-order valence-corrected chi connectivity index (χ4v) is 1.85. The van der Waals surface area contributed by atoms with Crippen LogP contribution in [0.3, 0.4) is 0 Å². The van der Waals surface area contributed by atoms with Crippen molar-refractivity contribution in [3.8, 4) is 0 Å². The lowest BCUT2D eigenvalue weighted by Crippen LogP contribution is -2.36. The number of carbonyl (C=O) groups excluding carboxylic acids is 1. The summed E-state index contributed by atoms with van der Waals surface area (Å²) in [5, 5.41) is 6.27. The smallest absolute Gasteiger partial charge is 0.220 e. The predicted octanol–water partition coefficient (Wildman–Crippen LogP) is 0.442. The van der Waals surface area contributed by atoms with Crippen LogP contribution in [0.4, 0.5) is 0 Å². The Labute approximate surface area is 98.8 Å². The van der Waals surface area contributed by atoms with Gasteiger partial charge < -0.3 is 15.5 Å². The van der Waals surface area contributed by atoms with Gasteiger partial charge in [-0.25, -0.2) is 0 Å². The lowest BCUT2D eigenvalue weighted by atomic mass is 10.0. The minimum absolute atomic E-state index is 0.200. The zero-order valence-electron chi connectivity index (χ0n) is 10.8. The number of hydrogen-bond donors (Lipinski definition) is 2. The highest BCUT2D eigenvalue weighted by Crippen LogP contribution is 2.11. The van der Waals surface area contributed by atoms with Crippen molar-refractivity contribution in [2.45, 2.75) is 32.7 Å². The maximum atomic E-state index is 11.6. The average Bonchev–Trinajstić information content (AvgIpc) is 2.70. The van der Waals surface area contributed by atoms with E-state index in [-0.39, 0.29) is 5.91 Å². The molecule has 1 aliphatic rings. The number of hydrogen-bond acceptors (Lipinski definition) is 3. The Morgan fingerprint density at radius 2 is 2.31 bits per heavy atom. The van der Waals surface area contributed by atoms with Crippen molar-refractivity contribution in [2.75, 3.05) is 33.2 Å². The Bertz CT molecular complexity index is 212. The van der Waals surface area contributed by atoms with Gasteiger partial charge in [-0.3, -0.25) is 4.79 Å². The Morgan fingerprint density at radius 1 is 1.56 bits per heavy atom. The SMILES string of the molecule is CC(C)N(C)CCNC(=O)CC1CCNC1. The zero-order valence-corrected chi connectivity index (χ0v) is 10.8. The molecule has 0 aliphatic carbocycles. The molecule has 0 aromatic rings. The molecule has 4 heteroatoms. The van der Waals surface area contributed by atoms with Crippen LogP contribution in [0, 0.1) is 5.92 Å². The molecule has 0 saturated carbocycles. The summed E-state index contributed by atoms with van der Waals surface area (Å²) < 4.78 is 0. The maximum Gasteiger partial charge on any atom is 0.220 e. The summed E-state index contributed by atoms with van der Waals surface area (Å²) in [6.45, 7) is 8.06. The third-order valence-electron chi connectivity index (χ3n) is 3.30. The molecule has 1 aliphatic heterocycles. The average molecular weight is 227 g/mol. The van der Waals surface area contributed by atoms with Crippen molar-refractivity contribution >= 4 is 5.91 Å². The molecule has 0 aromatic heterocycles. The molecule has 1 fully saturated rings. The minimum atomic E-state index is 0.200. The summed E-state index contributed by atoms with van der Waals surface area (Å²) in [6.07, 6.45) is 1.82. The summed E-state index contributed by atoms with van der Waals surface area (Å²) in [4.78, 5) is 13.8. The molecule has 1 amide bonds. The molecule has 0 radical (unpaired) electrons. The van der Waals surface area contributed by atoms with E-state index in [9.17, 15) is 4.79 Å². The number of nitrogens with zero attached hydrogens (tertiary/aromatic N) is 1. The van der Waals surface area contributed by atoms with E-state index >= 15 is 0 Å². The molecule has 0 bridgehead atoms. The number of carbonyl (C=O) groups is 1. The van der Waals surface area contributed by atoms with E-state index in [0.29, 0.717) is 18.4 Å². The second kappa shape index (κ2) is 6.86. The summed E-state index contributed by atoms with van der Waals surface area (Å²) in [5.41, 5.74) is 0. The van der Waals surface area contributed by atoms with E-state index in [1.54, 1.807) is 0 Å². The molecule has 0 aromatic carbocycles. The van der Waals surface area contributed by atoms with Crippen LogP contribution < -0.4 is 10.6 Å². The lowest BCUT2D eigenvalue weighted by Gasteiger charge is -2.21. The molecule has 16 heavy (non-hydrogen) atoms. The van der Waals surface area contributed by atoms with Crippen LogP contribution in [0.2, 0.25) is 0 Å².